The molecular formula is C18H24ClN5O2. The van der Waals surface area contributed by atoms with Gasteiger partial charge in [-0.2, -0.15) is 0 Å². The van der Waals surface area contributed by atoms with Crippen molar-refractivity contribution in [3.63, 3.8) is 0 Å². The normalized spacial score (nSPS) is 11.1. The van der Waals surface area contributed by atoms with Gasteiger partial charge in [0.1, 0.15) is 5.39 Å². The van der Waals surface area contributed by atoms with Gasteiger partial charge < -0.3 is 10.2 Å². The van der Waals surface area contributed by atoms with Crippen molar-refractivity contribution in [3.8, 4) is 0 Å². The Labute approximate surface area is 157 Å². The molecule has 3 aromatic rings. The molecule has 0 bridgehead atoms. The molecular weight excluding hydrogens is 354 g/mol. The van der Waals surface area contributed by atoms with Crippen LogP contribution in [0.25, 0.3) is 21.9 Å². The van der Waals surface area contributed by atoms with E-state index >= 15 is 0 Å². The second-order valence-electron chi connectivity index (χ2n) is 6.49. The molecule has 0 saturated heterocycles. The van der Waals surface area contributed by atoms with E-state index in [1.54, 1.807) is 7.05 Å². The van der Waals surface area contributed by atoms with Gasteiger partial charge >= 0.3 is 5.69 Å². The summed E-state index contributed by atoms with van der Waals surface area (Å²) in [5, 5.41) is 4.74. The van der Waals surface area contributed by atoms with Crippen LogP contribution in [0.5, 0.6) is 0 Å². The Bertz CT molecular complexity index is 1060. The summed E-state index contributed by atoms with van der Waals surface area (Å²) >= 11 is 0. The lowest BCUT2D eigenvalue weighted by atomic mass is 10.1. The minimum atomic E-state index is -0.376. The second kappa shape index (κ2) is 7.88. The fourth-order valence-corrected chi connectivity index (χ4v) is 3.01. The SMILES string of the molecule is CN(C)CCCNc1c2ccccc2nc2c1c(=O)n(C)c(=O)n2C.Cl. The third kappa shape index (κ3) is 3.45. The average molecular weight is 378 g/mol. The lowest BCUT2D eigenvalue weighted by Crippen LogP contribution is -2.37. The number of aryl methyl sites for hydroxylation is 1. The first kappa shape index (κ1) is 19.9. The monoisotopic (exact) mass is 377 g/mol. The number of hydrogen-bond acceptors (Lipinski definition) is 5. The van der Waals surface area contributed by atoms with Crippen molar-refractivity contribution in [3.05, 3.63) is 45.1 Å². The van der Waals surface area contributed by atoms with Crippen molar-refractivity contribution in [2.24, 2.45) is 14.1 Å². The molecule has 2 aromatic heterocycles. The van der Waals surface area contributed by atoms with Crippen molar-refractivity contribution in [1.29, 1.82) is 0 Å². The molecule has 0 aliphatic rings. The maximum Gasteiger partial charge on any atom is 0.332 e. The van der Waals surface area contributed by atoms with Gasteiger partial charge in [-0.15, -0.1) is 12.4 Å². The topological polar surface area (TPSA) is 72.2 Å². The second-order valence-corrected chi connectivity index (χ2v) is 6.49. The maximum atomic E-state index is 12.8. The number of rotatable bonds is 5. The van der Waals surface area contributed by atoms with Crippen molar-refractivity contribution in [2.75, 3.05) is 32.5 Å². The van der Waals surface area contributed by atoms with Crippen LogP contribution in [-0.4, -0.2) is 46.2 Å². The summed E-state index contributed by atoms with van der Waals surface area (Å²) in [5.41, 5.74) is 1.20. The molecule has 8 heteroatoms. The van der Waals surface area contributed by atoms with Crippen LogP contribution in [0.3, 0.4) is 0 Å². The molecule has 0 saturated carbocycles. The van der Waals surface area contributed by atoms with E-state index in [9.17, 15) is 9.59 Å². The minimum absolute atomic E-state index is 0. The highest BCUT2D eigenvalue weighted by Crippen LogP contribution is 2.27. The molecule has 0 spiro atoms. The molecule has 1 aromatic carbocycles. The van der Waals surface area contributed by atoms with E-state index in [1.807, 2.05) is 38.4 Å². The van der Waals surface area contributed by atoms with Crippen molar-refractivity contribution >= 4 is 40.0 Å². The molecule has 0 atom stereocenters. The molecule has 0 aliphatic carbocycles. The molecule has 0 radical (unpaired) electrons. The number of anilines is 1. The van der Waals surface area contributed by atoms with E-state index in [2.05, 4.69) is 15.2 Å². The van der Waals surface area contributed by atoms with Crippen LogP contribution >= 0.6 is 12.4 Å². The number of nitrogens with one attached hydrogen (secondary N) is 1. The molecule has 0 fully saturated rings. The quantitative estimate of drug-likeness (QED) is 0.539. The van der Waals surface area contributed by atoms with Gasteiger partial charge in [0.25, 0.3) is 5.56 Å². The van der Waals surface area contributed by atoms with Crippen molar-refractivity contribution < 1.29 is 0 Å². The highest BCUT2D eigenvalue weighted by Gasteiger charge is 2.16. The lowest BCUT2D eigenvalue weighted by Gasteiger charge is -2.16. The van der Waals surface area contributed by atoms with Crippen LogP contribution in [-0.2, 0) is 14.1 Å². The fourth-order valence-electron chi connectivity index (χ4n) is 3.01. The predicted molar refractivity (Wildman–Crippen MR) is 109 cm³/mol. The Balaban J connectivity index is 0.00000243. The first-order valence-electron chi connectivity index (χ1n) is 8.29. The van der Waals surface area contributed by atoms with Gasteiger partial charge in [-0.25, -0.2) is 9.78 Å². The highest BCUT2D eigenvalue weighted by atomic mass is 35.5. The summed E-state index contributed by atoms with van der Waals surface area (Å²) in [6.07, 6.45) is 0.942. The molecule has 3 rings (SSSR count). The van der Waals surface area contributed by atoms with Gasteiger partial charge in [-0.1, -0.05) is 18.2 Å². The molecule has 0 unspecified atom stereocenters. The smallest absolute Gasteiger partial charge is 0.332 e. The summed E-state index contributed by atoms with van der Waals surface area (Å²) in [5.74, 6) is 0. The number of halogens is 1. The Kier molecular flexibility index (Phi) is 6.05. The fraction of sp³-hybridized carbons (Fsp3) is 0.389. The Morgan fingerprint density at radius 2 is 1.81 bits per heavy atom. The first-order valence-corrected chi connectivity index (χ1v) is 8.29. The number of benzene rings is 1. The maximum absolute atomic E-state index is 12.8. The molecule has 2 heterocycles. The van der Waals surface area contributed by atoms with Gasteiger partial charge in [0.15, 0.2) is 5.65 Å². The number of nitrogens with zero attached hydrogens (tertiary/aromatic N) is 4. The highest BCUT2D eigenvalue weighted by molar-refractivity contribution is 6.06. The zero-order valence-corrected chi connectivity index (χ0v) is 16.3. The van der Waals surface area contributed by atoms with Gasteiger partial charge in [-0.05, 0) is 33.1 Å². The van der Waals surface area contributed by atoms with E-state index < -0.39 is 0 Å². The first-order chi connectivity index (χ1) is 11.9. The van der Waals surface area contributed by atoms with E-state index in [4.69, 9.17) is 0 Å². The van der Waals surface area contributed by atoms with Crippen molar-refractivity contribution in [1.82, 2.24) is 19.0 Å². The summed E-state index contributed by atoms with van der Waals surface area (Å²) in [6.45, 7) is 1.68. The molecule has 0 aliphatic heterocycles. The summed E-state index contributed by atoms with van der Waals surface area (Å²) in [7, 11) is 7.20. The third-order valence-electron chi connectivity index (χ3n) is 4.37. The van der Waals surface area contributed by atoms with Crippen LogP contribution in [0, 0.1) is 0 Å². The van der Waals surface area contributed by atoms with E-state index in [0.29, 0.717) is 11.0 Å². The third-order valence-corrected chi connectivity index (χ3v) is 4.37. The number of aromatic nitrogens is 3. The van der Waals surface area contributed by atoms with Crippen molar-refractivity contribution in [2.45, 2.75) is 6.42 Å². The zero-order chi connectivity index (χ0) is 18.1. The predicted octanol–water partition coefficient (Wildman–Crippen LogP) is 1.57. The van der Waals surface area contributed by atoms with Gasteiger partial charge in [-0.3, -0.25) is 13.9 Å². The average Bonchev–Trinajstić information content (AvgIpc) is 2.60. The van der Waals surface area contributed by atoms with Crippen LogP contribution in [0.1, 0.15) is 6.42 Å². The van der Waals surface area contributed by atoms with Crippen LogP contribution in [0.4, 0.5) is 5.69 Å². The Morgan fingerprint density at radius 3 is 2.50 bits per heavy atom. The molecule has 0 amide bonds. The van der Waals surface area contributed by atoms with Crippen LogP contribution in [0.15, 0.2) is 33.9 Å². The molecule has 1 N–H and O–H groups in total. The van der Waals surface area contributed by atoms with Gasteiger partial charge in [0.2, 0.25) is 0 Å². The summed E-state index contributed by atoms with van der Waals surface area (Å²) in [6, 6.07) is 7.66. The summed E-state index contributed by atoms with van der Waals surface area (Å²) < 4.78 is 2.55. The van der Waals surface area contributed by atoms with E-state index in [1.165, 1.54) is 11.6 Å². The standard InChI is InChI=1S/C18H23N5O2.ClH/c1-21(2)11-7-10-19-15-12-8-5-6-9-13(12)20-16-14(15)17(24)23(4)18(25)22(16)3;/h5-6,8-9H,7,10-11H2,1-4H3,(H,19,20);1H. The van der Waals surface area contributed by atoms with E-state index in [0.717, 1.165) is 40.7 Å². The summed E-state index contributed by atoms with van der Waals surface area (Å²) in [4.78, 5) is 31.7. The molecule has 140 valence electrons. The molecule has 7 nitrogen and oxygen atoms in total. The molecule has 26 heavy (non-hydrogen) atoms. The lowest BCUT2D eigenvalue weighted by molar-refractivity contribution is 0.405. The Hall–Kier alpha value is -2.38. The van der Waals surface area contributed by atoms with Gasteiger partial charge in [0.05, 0.1) is 11.2 Å². The zero-order valence-electron chi connectivity index (χ0n) is 15.4. The van der Waals surface area contributed by atoms with Crippen LogP contribution in [0.2, 0.25) is 0 Å². The van der Waals surface area contributed by atoms with E-state index in [-0.39, 0.29) is 23.7 Å². The number of para-hydroxylation sites is 1. The van der Waals surface area contributed by atoms with Gasteiger partial charge in [0, 0.05) is 26.0 Å². The number of fused-ring (bicyclic) bond motifs is 2. The van der Waals surface area contributed by atoms with Crippen LogP contribution < -0.4 is 16.6 Å². The number of hydrogen-bond donors (Lipinski definition) is 1. The largest absolute Gasteiger partial charge is 0.384 e. The minimum Gasteiger partial charge on any atom is -0.384 e. The number of pyridine rings is 1. The Morgan fingerprint density at radius 1 is 1.12 bits per heavy atom.